The van der Waals surface area contributed by atoms with Gasteiger partial charge in [-0.3, -0.25) is 0 Å². The summed E-state index contributed by atoms with van der Waals surface area (Å²) in [7, 11) is 3.33. The molecule has 19 heavy (non-hydrogen) atoms. The number of ether oxygens (including phenoxy) is 2. The standard InChI is InChI=1S/C15H22ClNO2/c1-4-10-14(12-7-5-6-8-17-12)11(16)9-13(18-2)15(10)19-3/h9,12,17H,4-8H2,1-3H3. The highest BCUT2D eigenvalue weighted by Gasteiger charge is 2.24. The molecule has 0 saturated carbocycles. The second-order valence-corrected chi connectivity index (χ2v) is 5.25. The highest BCUT2D eigenvalue weighted by molar-refractivity contribution is 6.31. The Labute approximate surface area is 120 Å². The summed E-state index contributed by atoms with van der Waals surface area (Å²) in [5.74, 6) is 1.53. The van der Waals surface area contributed by atoms with Gasteiger partial charge in [-0.05, 0) is 31.4 Å². The van der Waals surface area contributed by atoms with Crippen molar-refractivity contribution in [2.75, 3.05) is 20.8 Å². The lowest BCUT2D eigenvalue weighted by molar-refractivity contribution is 0.348. The van der Waals surface area contributed by atoms with E-state index in [1.165, 1.54) is 18.4 Å². The first-order valence-corrected chi connectivity index (χ1v) is 7.27. The predicted octanol–water partition coefficient (Wildman–Crippen LogP) is 3.73. The van der Waals surface area contributed by atoms with E-state index in [0.717, 1.165) is 35.7 Å². The Morgan fingerprint density at radius 3 is 2.63 bits per heavy atom. The first-order chi connectivity index (χ1) is 9.22. The van der Waals surface area contributed by atoms with Crippen LogP contribution in [0.1, 0.15) is 43.4 Å². The topological polar surface area (TPSA) is 30.5 Å². The zero-order valence-electron chi connectivity index (χ0n) is 11.9. The number of benzene rings is 1. The van der Waals surface area contributed by atoms with Crippen molar-refractivity contribution >= 4 is 11.6 Å². The van der Waals surface area contributed by atoms with Crippen molar-refractivity contribution in [2.45, 2.75) is 38.6 Å². The third-order valence-electron chi connectivity index (χ3n) is 3.77. The Morgan fingerprint density at radius 2 is 2.11 bits per heavy atom. The van der Waals surface area contributed by atoms with Gasteiger partial charge in [-0.2, -0.15) is 0 Å². The molecular formula is C15H22ClNO2. The van der Waals surface area contributed by atoms with Crippen LogP contribution in [0.2, 0.25) is 5.02 Å². The van der Waals surface area contributed by atoms with E-state index in [9.17, 15) is 0 Å². The summed E-state index contributed by atoms with van der Waals surface area (Å²) in [5, 5.41) is 4.33. The van der Waals surface area contributed by atoms with Crippen molar-refractivity contribution in [2.24, 2.45) is 0 Å². The van der Waals surface area contributed by atoms with Crippen molar-refractivity contribution in [1.82, 2.24) is 5.32 Å². The summed E-state index contributed by atoms with van der Waals surface area (Å²) in [4.78, 5) is 0. The summed E-state index contributed by atoms with van der Waals surface area (Å²) in [6.45, 7) is 3.18. The van der Waals surface area contributed by atoms with Crippen molar-refractivity contribution in [1.29, 1.82) is 0 Å². The van der Waals surface area contributed by atoms with Crippen LogP contribution in [-0.2, 0) is 6.42 Å². The van der Waals surface area contributed by atoms with E-state index in [-0.39, 0.29) is 0 Å². The van der Waals surface area contributed by atoms with Crippen LogP contribution in [0.5, 0.6) is 11.5 Å². The monoisotopic (exact) mass is 283 g/mol. The van der Waals surface area contributed by atoms with Crippen LogP contribution in [0.25, 0.3) is 0 Å². The normalized spacial score (nSPS) is 19.3. The molecule has 1 atom stereocenters. The molecule has 0 spiro atoms. The van der Waals surface area contributed by atoms with Gasteiger partial charge in [0.05, 0.1) is 14.2 Å². The van der Waals surface area contributed by atoms with Gasteiger partial charge in [0.15, 0.2) is 11.5 Å². The number of piperidine rings is 1. The third kappa shape index (κ3) is 2.82. The van der Waals surface area contributed by atoms with Crippen LogP contribution < -0.4 is 14.8 Å². The molecule has 1 aliphatic rings. The van der Waals surface area contributed by atoms with Gasteiger partial charge >= 0.3 is 0 Å². The summed E-state index contributed by atoms with van der Waals surface area (Å²) in [5.41, 5.74) is 2.34. The second-order valence-electron chi connectivity index (χ2n) is 4.84. The average Bonchev–Trinajstić information content (AvgIpc) is 2.46. The van der Waals surface area contributed by atoms with E-state index in [2.05, 4.69) is 12.2 Å². The summed E-state index contributed by atoms with van der Waals surface area (Å²) >= 11 is 6.48. The van der Waals surface area contributed by atoms with Gasteiger partial charge in [0.2, 0.25) is 0 Å². The molecule has 0 amide bonds. The molecule has 1 unspecified atom stereocenters. The Morgan fingerprint density at radius 1 is 1.32 bits per heavy atom. The maximum absolute atomic E-state index is 6.48. The summed E-state index contributed by atoms with van der Waals surface area (Å²) < 4.78 is 10.9. The third-order valence-corrected chi connectivity index (χ3v) is 4.09. The zero-order valence-corrected chi connectivity index (χ0v) is 12.6. The number of nitrogens with one attached hydrogen (secondary N) is 1. The first kappa shape index (κ1) is 14.5. The maximum Gasteiger partial charge on any atom is 0.164 e. The van der Waals surface area contributed by atoms with Gasteiger partial charge in [0.1, 0.15) is 0 Å². The molecule has 1 aromatic carbocycles. The number of hydrogen-bond acceptors (Lipinski definition) is 3. The fraction of sp³-hybridized carbons (Fsp3) is 0.600. The van der Waals surface area contributed by atoms with Crippen LogP contribution in [0, 0.1) is 0 Å². The molecule has 1 aromatic rings. The molecule has 1 saturated heterocycles. The van der Waals surface area contributed by atoms with Crippen LogP contribution in [0.4, 0.5) is 0 Å². The van der Waals surface area contributed by atoms with Crippen molar-refractivity contribution in [3.05, 3.63) is 22.2 Å². The van der Waals surface area contributed by atoms with Crippen molar-refractivity contribution < 1.29 is 9.47 Å². The minimum absolute atomic E-state index is 0.330. The van der Waals surface area contributed by atoms with Crippen LogP contribution >= 0.6 is 11.6 Å². The number of rotatable bonds is 4. The zero-order chi connectivity index (χ0) is 13.8. The van der Waals surface area contributed by atoms with E-state index in [1.807, 2.05) is 6.07 Å². The maximum atomic E-state index is 6.48. The van der Waals surface area contributed by atoms with Gasteiger partial charge in [-0.1, -0.05) is 24.9 Å². The van der Waals surface area contributed by atoms with E-state index in [4.69, 9.17) is 21.1 Å². The van der Waals surface area contributed by atoms with Gasteiger partial charge in [-0.15, -0.1) is 0 Å². The molecule has 0 aromatic heterocycles. The molecule has 0 radical (unpaired) electrons. The first-order valence-electron chi connectivity index (χ1n) is 6.89. The van der Waals surface area contributed by atoms with Gasteiger partial charge in [0, 0.05) is 22.7 Å². The smallest absolute Gasteiger partial charge is 0.164 e. The minimum atomic E-state index is 0.330. The molecule has 0 bridgehead atoms. The lowest BCUT2D eigenvalue weighted by Gasteiger charge is -2.28. The van der Waals surface area contributed by atoms with Gasteiger partial charge in [-0.25, -0.2) is 0 Å². The fourth-order valence-electron chi connectivity index (χ4n) is 2.87. The predicted molar refractivity (Wildman–Crippen MR) is 78.5 cm³/mol. The van der Waals surface area contributed by atoms with E-state index < -0.39 is 0 Å². The highest BCUT2D eigenvalue weighted by atomic mass is 35.5. The minimum Gasteiger partial charge on any atom is -0.493 e. The van der Waals surface area contributed by atoms with Crippen LogP contribution in [-0.4, -0.2) is 20.8 Å². The molecule has 1 aliphatic heterocycles. The lowest BCUT2D eigenvalue weighted by Crippen LogP contribution is -2.28. The van der Waals surface area contributed by atoms with Gasteiger partial charge < -0.3 is 14.8 Å². The Hall–Kier alpha value is -0.930. The Bertz CT molecular complexity index is 442. The highest BCUT2D eigenvalue weighted by Crippen LogP contribution is 2.42. The molecule has 4 heteroatoms. The van der Waals surface area contributed by atoms with E-state index in [1.54, 1.807) is 14.2 Å². The average molecular weight is 284 g/mol. The molecular weight excluding hydrogens is 262 g/mol. The van der Waals surface area contributed by atoms with Crippen LogP contribution in [0.3, 0.4) is 0 Å². The van der Waals surface area contributed by atoms with E-state index >= 15 is 0 Å². The van der Waals surface area contributed by atoms with E-state index in [0.29, 0.717) is 11.8 Å². The molecule has 106 valence electrons. The fourth-order valence-corrected chi connectivity index (χ4v) is 3.22. The number of methoxy groups -OCH3 is 2. The van der Waals surface area contributed by atoms with Crippen LogP contribution in [0.15, 0.2) is 6.07 Å². The number of halogens is 1. The Balaban J connectivity index is 2.51. The van der Waals surface area contributed by atoms with Crippen molar-refractivity contribution in [3.63, 3.8) is 0 Å². The summed E-state index contributed by atoms with van der Waals surface area (Å²) in [6.07, 6.45) is 4.49. The molecule has 1 heterocycles. The second kappa shape index (κ2) is 6.49. The quantitative estimate of drug-likeness (QED) is 0.913. The summed E-state index contributed by atoms with van der Waals surface area (Å²) in [6, 6.07) is 2.20. The largest absolute Gasteiger partial charge is 0.493 e. The SMILES string of the molecule is CCc1c(OC)c(OC)cc(Cl)c1C1CCCCN1. The molecule has 0 aliphatic carbocycles. The molecule has 1 N–H and O–H groups in total. The number of hydrogen-bond donors (Lipinski definition) is 1. The van der Waals surface area contributed by atoms with Gasteiger partial charge in [0.25, 0.3) is 0 Å². The molecule has 1 fully saturated rings. The molecule has 2 rings (SSSR count). The Kier molecular flexibility index (Phi) is 4.94. The lowest BCUT2D eigenvalue weighted by atomic mass is 9.91. The molecule has 3 nitrogen and oxygen atoms in total. The van der Waals surface area contributed by atoms with Crippen molar-refractivity contribution in [3.8, 4) is 11.5 Å².